The fourth-order valence-electron chi connectivity index (χ4n) is 0.745. The van der Waals surface area contributed by atoms with Gasteiger partial charge in [0, 0.05) is 12.8 Å². The number of aliphatic hydroxyl groups excluding tert-OH is 1. The van der Waals surface area contributed by atoms with Crippen LogP contribution in [0.5, 0.6) is 0 Å². The van der Waals surface area contributed by atoms with E-state index in [4.69, 9.17) is 14.9 Å². The van der Waals surface area contributed by atoms with Gasteiger partial charge in [-0.15, -0.1) is 0 Å². The van der Waals surface area contributed by atoms with Crippen molar-refractivity contribution in [3.63, 3.8) is 0 Å². The summed E-state index contributed by atoms with van der Waals surface area (Å²) in [7, 11) is -3.71. The van der Waals surface area contributed by atoms with Gasteiger partial charge in [-0.25, -0.2) is 0 Å². The molecule has 0 heterocycles. The highest BCUT2D eigenvalue weighted by molar-refractivity contribution is 7.51. The lowest BCUT2D eigenvalue weighted by molar-refractivity contribution is 0.318. The zero-order valence-corrected chi connectivity index (χ0v) is 9.33. The Morgan fingerprint density at radius 1 is 1.08 bits per heavy atom. The molecule has 0 unspecified atom stereocenters. The molecular weight excluding hydrogens is 191 g/mol. The summed E-state index contributed by atoms with van der Waals surface area (Å²) < 4.78 is 10.3. The summed E-state index contributed by atoms with van der Waals surface area (Å²) in [4.78, 5) is 16.9. The van der Waals surface area contributed by atoms with Gasteiger partial charge in [-0.3, -0.25) is 4.57 Å². The Morgan fingerprint density at radius 2 is 1.54 bits per heavy atom. The lowest BCUT2D eigenvalue weighted by Crippen LogP contribution is -1.87. The molecule has 0 bridgehead atoms. The summed E-state index contributed by atoms with van der Waals surface area (Å²) in [5.41, 5.74) is 0. The molecule has 0 aliphatic carbocycles. The molecular formula is C8H21O4P. The molecule has 5 heteroatoms. The third-order valence-electron chi connectivity index (χ3n) is 1.30. The zero-order valence-electron chi connectivity index (χ0n) is 8.44. The molecule has 0 saturated heterocycles. The van der Waals surface area contributed by atoms with Crippen LogP contribution in [0.2, 0.25) is 0 Å². The van der Waals surface area contributed by atoms with Gasteiger partial charge in [0.05, 0.1) is 0 Å². The Bertz CT molecular complexity index is 132. The van der Waals surface area contributed by atoms with Crippen molar-refractivity contribution in [1.82, 2.24) is 0 Å². The molecule has 0 aliphatic rings. The summed E-state index contributed by atoms with van der Waals surface area (Å²) >= 11 is 0. The van der Waals surface area contributed by atoms with E-state index < -0.39 is 7.60 Å². The van der Waals surface area contributed by atoms with Crippen molar-refractivity contribution in [2.45, 2.75) is 39.5 Å². The van der Waals surface area contributed by atoms with E-state index in [0.717, 1.165) is 19.3 Å². The first-order valence-electron chi connectivity index (χ1n) is 4.63. The van der Waals surface area contributed by atoms with Crippen molar-refractivity contribution in [1.29, 1.82) is 0 Å². The van der Waals surface area contributed by atoms with Gasteiger partial charge in [-0.2, -0.15) is 0 Å². The average Bonchev–Trinajstić information content (AvgIpc) is 1.98. The normalized spacial score (nSPS) is 10.5. The Balaban J connectivity index is 0. The van der Waals surface area contributed by atoms with Crippen LogP contribution >= 0.6 is 7.60 Å². The largest absolute Gasteiger partial charge is 0.397 e. The predicted molar refractivity (Wildman–Crippen MR) is 53.8 cm³/mol. The van der Waals surface area contributed by atoms with Crippen LogP contribution in [0.25, 0.3) is 0 Å². The second kappa shape index (κ2) is 10.2. The molecule has 0 amide bonds. The second-order valence-corrected chi connectivity index (χ2v) is 4.54. The first kappa shape index (κ1) is 15.6. The minimum atomic E-state index is -3.71. The Kier molecular flexibility index (Phi) is 12.2. The van der Waals surface area contributed by atoms with Crippen LogP contribution in [-0.2, 0) is 4.57 Å². The Labute approximate surface area is 80.1 Å². The van der Waals surface area contributed by atoms with Gasteiger partial charge in [0.15, 0.2) is 0 Å². The summed E-state index contributed by atoms with van der Waals surface area (Å²) in [5, 5.41) is 7.57. The highest BCUT2D eigenvalue weighted by Gasteiger charge is 2.10. The highest BCUT2D eigenvalue weighted by atomic mass is 31.2. The van der Waals surface area contributed by atoms with Crippen LogP contribution < -0.4 is 0 Å². The van der Waals surface area contributed by atoms with Gasteiger partial charge in [-0.05, 0) is 13.3 Å². The fraction of sp³-hybridized carbons (Fsp3) is 1.00. The number of hydrogen-bond donors (Lipinski definition) is 3. The molecule has 82 valence electrons. The first-order chi connectivity index (χ1) is 5.97. The average molecular weight is 212 g/mol. The fourth-order valence-corrected chi connectivity index (χ4v) is 1.38. The zero-order chi connectivity index (χ0) is 10.7. The molecule has 0 fully saturated rings. The number of unbranched alkanes of at least 4 members (excludes halogenated alkanes) is 3. The lowest BCUT2D eigenvalue weighted by Gasteiger charge is -2.01. The number of hydrogen-bond acceptors (Lipinski definition) is 2. The highest BCUT2D eigenvalue weighted by Crippen LogP contribution is 2.35. The van der Waals surface area contributed by atoms with E-state index in [1.165, 1.54) is 0 Å². The molecule has 13 heavy (non-hydrogen) atoms. The van der Waals surface area contributed by atoms with Crippen LogP contribution in [0, 0.1) is 0 Å². The van der Waals surface area contributed by atoms with E-state index in [0.29, 0.717) is 6.42 Å². The van der Waals surface area contributed by atoms with Crippen molar-refractivity contribution < 1.29 is 19.5 Å². The molecule has 0 spiro atoms. The van der Waals surface area contributed by atoms with Crippen molar-refractivity contribution in [3.8, 4) is 0 Å². The summed E-state index contributed by atoms with van der Waals surface area (Å²) in [5.74, 6) is 0. The molecule has 0 aromatic carbocycles. The SMILES string of the molecule is CCCCCCP(=O)(O)O.CCO. The Hall–Kier alpha value is 0.110. The quantitative estimate of drug-likeness (QED) is 0.479. The topological polar surface area (TPSA) is 77.8 Å². The van der Waals surface area contributed by atoms with Crippen LogP contribution in [0.3, 0.4) is 0 Å². The molecule has 0 aromatic rings. The standard InChI is InChI=1S/C6H15O3P.C2H6O/c1-2-3-4-5-6-10(7,8)9;1-2-3/h2-6H2,1H3,(H2,7,8,9);3H,2H2,1H3. The number of aliphatic hydroxyl groups is 1. The Morgan fingerprint density at radius 3 is 1.85 bits per heavy atom. The van der Waals surface area contributed by atoms with E-state index in [1.54, 1.807) is 6.92 Å². The van der Waals surface area contributed by atoms with Crippen LogP contribution in [0.4, 0.5) is 0 Å². The van der Waals surface area contributed by atoms with Crippen molar-refractivity contribution in [2.24, 2.45) is 0 Å². The van der Waals surface area contributed by atoms with Gasteiger partial charge in [0.2, 0.25) is 0 Å². The molecule has 0 radical (unpaired) electrons. The van der Waals surface area contributed by atoms with E-state index in [1.807, 2.05) is 0 Å². The lowest BCUT2D eigenvalue weighted by atomic mass is 10.2. The van der Waals surface area contributed by atoms with Crippen LogP contribution in [0.1, 0.15) is 39.5 Å². The van der Waals surface area contributed by atoms with Gasteiger partial charge in [0.25, 0.3) is 0 Å². The molecule has 0 aromatic heterocycles. The van der Waals surface area contributed by atoms with E-state index in [2.05, 4.69) is 6.92 Å². The van der Waals surface area contributed by atoms with Gasteiger partial charge < -0.3 is 14.9 Å². The van der Waals surface area contributed by atoms with Crippen molar-refractivity contribution >= 4 is 7.60 Å². The maximum absolute atomic E-state index is 10.3. The third-order valence-corrected chi connectivity index (χ3v) is 2.20. The minimum absolute atomic E-state index is 0.0486. The first-order valence-corrected chi connectivity index (χ1v) is 6.43. The number of rotatable bonds is 5. The molecule has 0 aliphatic heterocycles. The monoisotopic (exact) mass is 212 g/mol. The molecule has 0 atom stereocenters. The minimum Gasteiger partial charge on any atom is -0.397 e. The van der Waals surface area contributed by atoms with Crippen molar-refractivity contribution in [2.75, 3.05) is 12.8 Å². The van der Waals surface area contributed by atoms with Gasteiger partial charge in [0.1, 0.15) is 0 Å². The molecule has 0 rings (SSSR count). The van der Waals surface area contributed by atoms with Gasteiger partial charge >= 0.3 is 7.60 Å². The maximum atomic E-state index is 10.3. The third kappa shape index (κ3) is 24.5. The molecule has 4 nitrogen and oxygen atoms in total. The summed E-state index contributed by atoms with van der Waals surface area (Å²) in [6.07, 6.45) is 3.80. The summed E-state index contributed by atoms with van der Waals surface area (Å²) in [6, 6.07) is 0. The van der Waals surface area contributed by atoms with Crippen LogP contribution in [0.15, 0.2) is 0 Å². The predicted octanol–water partition coefficient (Wildman–Crippen LogP) is 1.74. The van der Waals surface area contributed by atoms with E-state index in [-0.39, 0.29) is 12.8 Å². The smallest absolute Gasteiger partial charge is 0.325 e. The van der Waals surface area contributed by atoms with Gasteiger partial charge in [-0.1, -0.05) is 26.2 Å². The van der Waals surface area contributed by atoms with Crippen molar-refractivity contribution in [3.05, 3.63) is 0 Å². The molecule has 3 N–H and O–H groups in total. The summed E-state index contributed by atoms with van der Waals surface area (Å²) in [6.45, 7) is 4.00. The maximum Gasteiger partial charge on any atom is 0.325 e. The van der Waals surface area contributed by atoms with E-state index in [9.17, 15) is 4.57 Å². The van der Waals surface area contributed by atoms with E-state index >= 15 is 0 Å². The molecule has 0 saturated carbocycles. The van der Waals surface area contributed by atoms with Crippen LogP contribution in [-0.4, -0.2) is 27.7 Å². The second-order valence-electron chi connectivity index (χ2n) is 2.77.